The fourth-order valence-electron chi connectivity index (χ4n) is 3.46. The minimum atomic E-state index is -0.383. The second-order valence-corrected chi connectivity index (χ2v) is 6.92. The quantitative estimate of drug-likeness (QED) is 0.705. The molecule has 144 valence electrons. The number of rotatable bonds is 5. The number of amides is 2. The zero-order chi connectivity index (χ0) is 19.3. The van der Waals surface area contributed by atoms with Crippen molar-refractivity contribution in [2.24, 2.45) is 0 Å². The smallest absolute Gasteiger partial charge is 0.315 e. The first kappa shape index (κ1) is 18.1. The first-order chi connectivity index (χ1) is 13.7. The average molecular weight is 379 g/mol. The highest BCUT2D eigenvalue weighted by Gasteiger charge is 2.21. The molecular formula is C20H21N5O3. The normalized spacial score (nSPS) is 14.7. The van der Waals surface area contributed by atoms with E-state index in [0.717, 1.165) is 36.6 Å². The first-order valence-electron chi connectivity index (χ1n) is 9.46. The lowest BCUT2D eigenvalue weighted by molar-refractivity contribution is -0.115. The third kappa shape index (κ3) is 4.16. The zero-order valence-corrected chi connectivity index (χ0v) is 15.4. The van der Waals surface area contributed by atoms with E-state index in [4.69, 9.17) is 4.52 Å². The van der Waals surface area contributed by atoms with Gasteiger partial charge in [0.15, 0.2) is 5.82 Å². The lowest BCUT2D eigenvalue weighted by Crippen LogP contribution is -2.36. The molecule has 2 heterocycles. The predicted octanol–water partition coefficient (Wildman–Crippen LogP) is 2.86. The summed E-state index contributed by atoms with van der Waals surface area (Å²) in [6.07, 6.45) is 6.99. The van der Waals surface area contributed by atoms with Crippen LogP contribution in [0.4, 0.5) is 5.69 Å². The van der Waals surface area contributed by atoms with Crippen LogP contribution in [0.2, 0.25) is 0 Å². The fraction of sp³-hybridized carbons (Fsp3) is 0.350. The number of hydrogen-bond donors (Lipinski definition) is 2. The lowest BCUT2D eigenvalue weighted by Gasteiger charge is -2.21. The van der Waals surface area contributed by atoms with Crippen molar-refractivity contribution in [3.05, 3.63) is 48.2 Å². The Kier molecular flexibility index (Phi) is 5.27. The van der Waals surface area contributed by atoms with Gasteiger partial charge in [-0.15, -0.1) is 0 Å². The van der Waals surface area contributed by atoms with E-state index < -0.39 is 0 Å². The molecule has 1 aliphatic carbocycles. The van der Waals surface area contributed by atoms with Gasteiger partial charge in [0, 0.05) is 17.6 Å². The molecule has 0 bridgehead atoms. The molecule has 0 spiro atoms. The number of nitrogens with zero attached hydrogens (tertiary/aromatic N) is 3. The summed E-state index contributed by atoms with van der Waals surface area (Å²) >= 11 is 0. The minimum Gasteiger partial charge on any atom is -0.345 e. The summed E-state index contributed by atoms with van der Waals surface area (Å²) in [5, 5.41) is 10.4. The summed E-state index contributed by atoms with van der Waals surface area (Å²) in [7, 11) is 0. The maximum atomic E-state index is 12.4. The molecule has 0 saturated heterocycles. The Morgan fingerprint density at radius 3 is 2.82 bits per heavy atom. The molecule has 2 N–H and O–H groups in total. The van der Waals surface area contributed by atoms with Crippen molar-refractivity contribution < 1.29 is 14.1 Å². The van der Waals surface area contributed by atoms with Gasteiger partial charge in [-0.1, -0.05) is 30.5 Å². The summed E-state index contributed by atoms with van der Waals surface area (Å²) < 4.78 is 5.03. The maximum absolute atomic E-state index is 12.4. The molecule has 1 saturated carbocycles. The number of carbonyl (C=O) groups excluding carboxylic acids is 2. The van der Waals surface area contributed by atoms with E-state index in [-0.39, 0.29) is 36.0 Å². The van der Waals surface area contributed by atoms with Gasteiger partial charge in [-0.05, 0) is 37.1 Å². The Morgan fingerprint density at radius 2 is 1.96 bits per heavy atom. The zero-order valence-electron chi connectivity index (χ0n) is 15.4. The number of anilines is 1. The van der Waals surface area contributed by atoms with Crippen molar-refractivity contribution in [2.45, 2.75) is 44.6 Å². The number of aromatic nitrogens is 3. The van der Waals surface area contributed by atoms with Crippen molar-refractivity contribution in [2.75, 3.05) is 5.32 Å². The van der Waals surface area contributed by atoms with Crippen molar-refractivity contribution in [1.82, 2.24) is 20.4 Å². The van der Waals surface area contributed by atoms with Gasteiger partial charge in [0.25, 0.3) is 0 Å². The number of fused-ring (bicyclic) bond motifs is 1. The van der Waals surface area contributed by atoms with E-state index >= 15 is 0 Å². The van der Waals surface area contributed by atoms with Gasteiger partial charge in [-0.3, -0.25) is 14.6 Å². The number of benzene rings is 1. The summed E-state index contributed by atoms with van der Waals surface area (Å²) in [6, 6.07) is 9.36. The van der Waals surface area contributed by atoms with Crippen LogP contribution in [0.5, 0.6) is 0 Å². The molecule has 0 radical (unpaired) electrons. The Morgan fingerprint density at radius 1 is 1.11 bits per heavy atom. The Bertz CT molecular complexity index is 989. The summed E-state index contributed by atoms with van der Waals surface area (Å²) in [5.41, 5.74) is 1.45. The van der Waals surface area contributed by atoms with Gasteiger partial charge >= 0.3 is 11.8 Å². The number of carbonyl (C=O) groups is 2. The largest absolute Gasteiger partial charge is 0.345 e. The highest BCUT2D eigenvalue weighted by molar-refractivity contribution is 6.01. The van der Waals surface area contributed by atoms with Gasteiger partial charge in [0.1, 0.15) is 0 Å². The van der Waals surface area contributed by atoms with E-state index in [1.165, 1.54) is 6.42 Å². The standard InChI is InChI=1S/C20H21N5O3/c26-18(23-16-10-4-9-15-14(16)8-5-11-21-15)12-17-24-20(28-25-17)19(27)22-13-6-2-1-3-7-13/h4-5,8-11,13H,1-3,6-7,12H2,(H,22,27)(H,23,26). The van der Waals surface area contributed by atoms with Gasteiger partial charge in [0.2, 0.25) is 5.91 Å². The highest BCUT2D eigenvalue weighted by atomic mass is 16.5. The third-order valence-corrected chi connectivity index (χ3v) is 4.84. The average Bonchev–Trinajstić information content (AvgIpc) is 3.17. The monoisotopic (exact) mass is 379 g/mol. The molecule has 1 fully saturated rings. The van der Waals surface area contributed by atoms with E-state index in [9.17, 15) is 9.59 Å². The van der Waals surface area contributed by atoms with Crippen LogP contribution in [0, 0.1) is 0 Å². The Balaban J connectivity index is 1.38. The van der Waals surface area contributed by atoms with Crippen LogP contribution in [-0.4, -0.2) is 33.0 Å². The van der Waals surface area contributed by atoms with E-state index in [0.29, 0.717) is 5.69 Å². The third-order valence-electron chi connectivity index (χ3n) is 4.84. The summed E-state index contributed by atoms with van der Waals surface area (Å²) in [6.45, 7) is 0. The molecule has 8 nitrogen and oxygen atoms in total. The van der Waals surface area contributed by atoms with Gasteiger partial charge in [-0.25, -0.2) is 0 Å². The second kappa shape index (κ2) is 8.16. The first-order valence-corrected chi connectivity index (χ1v) is 9.46. The molecule has 2 amide bonds. The Labute approximate surface area is 161 Å². The van der Waals surface area contributed by atoms with E-state index in [2.05, 4.69) is 25.8 Å². The van der Waals surface area contributed by atoms with E-state index in [1.807, 2.05) is 24.3 Å². The minimum absolute atomic E-state index is 0.0865. The lowest BCUT2D eigenvalue weighted by atomic mass is 9.95. The molecule has 28 heavy (non-hydrogen) atoms. The number of nitrogens with one attached hydrogen (secondary N) is 2. The second-order valence-electron chi connectivity index (χ2n) is 6.92. The molecule has 4 rings (SSSR count). The molecule has 8 heteroatoms. The summed E-state index contributed by atoms with van der Waals surface area (Å²) in [5.74, 6) is -0.616. The van der Waals surface area contributed by atoms with Crippen LogP contribution in [0.15, 0.2) is 41.1 Å². The van der Waals surface area contributed by atoms with Gasteiger partial charge < -0.3 is 15.2 Å². The van der Waals surface area contributed by atoms with Crippen LogP contribution in [0.3, 0.4) is 0 Å². The Hall–Kier alpha value is -3.29. The van der Waals surface area contributed by atoms with Gasteiger partial charge in [0.05, 0.1) is 17.6 Å². The van der Waals surface area contributed by atoms with Crippen molar-refractivity contribution >= 4 is 28.4 Å². The van der Waals surface area contributed by atoms with Crippen molar-refractivity contribution in [3.8, 4) is 0 Å². The van der Waals surface area contributed by atoms with Crippen LogP contribution >= 0.6 is 0 Å². The number of hydrogen-bond acceptors (Lipinski definition) is 6. The molecule has 1 aliphatic rings. The predicted molar refractivity (Wildman–Crippen MR) is 103 cm³/mol. The SMILES string of the molecule is O=C(Cc1noc(C(=O)NC2CCCCC2)n1)Nc1cccc2ncccc12. The molecule has 0 atom stereocenters. The van der Waals surface area contributed by atoms with Crippen molar-refractivity contribution in [3.63, 3.8) is 0 Å². The van der Waals surface area contributed by atoms with Crippen LogP contribution in [-0.2, 0) is 11.2 Å². The van der Waals surface area contributed by atoms with Crippen molar-refractivity contribution in [1.29, 1.82) is 0 Å². The summed E-state index contributed by atoms with van der Waals surface area (Å²) in [4.78, 5) is 32.9. The topological polar surface area (TPSA) is 110 Å². The molecule has 1 aromatic carbocycles. The van der Waals surface area contributed by atoms with Crippen LogP contribution < -0.4 is 10.6 Å². The molecule has 3 aromatic rings. The molecule has 0 unspecified atom stereocenters. The van der Waals surface area contributed by atoms with Crippen LogP contribution in [0.1, 0.15) is 48.6 Å². The molecule has 2 aromatic heterocycles. The fourth-order valence-corrected chi connectivity index (χ4v) is 3.46. The number of pyridine rings is 1. The highest BCUT2D eigenvalue weighted by Crippen LogP contribution is 2.21. The van der Waals surface area contributed by atoms with Gasteiger partial charge in [-0.2, -0.15) is 4.98 Å². The van der Waals surface area contributed by atoms with Crippen LogP contribution in [0.25, 0.3) is 10.9 Å². The van der Waals surface area contributed by atoms with E-state index in [1.54, 1.807) is 12.3 Å². The molecule has 0 aliphatic heterocycles. The maximum Gasteiger partial charge on any atom is 0.315 e. The molecular weight excluding hydrogens is 358 g/mol.